The van der Waals surface area contributed by atoms with Crippen LogP contribution in [-0.4, -0.2) is 5.11 Å². The number of hydrogen-bond acceptors (Lipinski definition) is 1. The van der Waals surface area contributed by atoms with Crippen LogP contribution in [0.1, 0.15) is 6.99 Å². The largest absolute Gasteiger partial charge is 1.00 e. The molecule has 1 N–H and O–H groups in total. The van der Waals surface area contributed by atoms with Gasteiger partial charge in [-0.2, -0.15) is 0 Å². The molecule has 0 saturated carbocycles. The minimum atomic E-state index is 0. The van der Waals surface area contributed by atoms with Gasteiger partial charge < -0.3 is 6.53 Å². The van der Waals surface area contributed by atoms with E-state index < -0.39 is 0 Å². The Kier molecular flexibility index (Phi) is 4.77. The van der Waals surface area contributed by atoms with Crippen molar-refractivity contribution in [1.29, 1.82) is 0 Å². The van der Waals surface area contributed by atoms with Crippen molar-refractivity contribution in [2.24, 2.45) is 0 Å². The molecule has 1 aromatic carbocycles. The first-order chi connectivity index (χ1) is 4.83. The van der Waals surface area contributed by atoms with Gasteiger partial charge in [-0.05, 0) is 24.1 Å². The summed E-state index contributed by atoms with van der Waals surface area (Å²) in [6.45, 7) is 3.62. The van der Waals surface area contributed by atoms with Gasteiger partial charge in [-0.1, -0.05) is 18.2 Å². The maximum absolute atomic E-state index is 8.90. The van der Waals surface area contributed by atoms with E-state index in [9.17, 15) is 0 Å². The number of phenols is 1. The molecule has 0 atom stereocenters. The molecule has 2 heteroatoms. The van der Waals surface area contributed by atoms with Gasteiger partial charge in [0.15, 0.2) is 0 Å². The maximum Gasteiger partial charge on any atom is 1.00 e. The van der Waals surface area contributed by atoms with Gasteiger partial charge in [-0.25, -0.2) is 0 Å². The predicted octanol–water partition coefficient (Wildman–Crippen LogP) is -0.763. The van der Waals surface area contributed by atoms with Crippen LogP contribution in [0.4, 0.5) is 0 Å². The van der Waals surface area contributed by atoms with Crippen molar-refractivity contribution in [2.45, 2.75) is 6.42 Å². The quantitative estimate of drug-likeness (QED) is 0.425. The second kappa shape index (κ2) is 5.07. The van der Waals surface area contributed by atoms with Crippen molar-refractivity contribution < 1.29 is 25.4 Å². The molecule has 0 spiro atoms. The van der Waals surface area contributed by atoms with Crippen LogP contribution < -0.4 is 18.9 Å². The molecule has 1 nitrogen and oxygen atoms in total. The summed E-state index contributed by atoms with van der Waals surface area (Å²) in [6.07, 6.45) is 2.70. The SMILES string of the molecule is C=CCc1ccc(O)cc1.[H-].[Li+]. The van der Waals surface area contributed by atoms with Crippen LogP contribution in [0.3, 0.4) is 0 Å². The van der Waals surface area contributed by atoms with Crippen molar-refractivity contribution in [3.8, 4) is 5.75 Å². The Morgan fingerprint density at radius 1 is 1.36 bits per heavy atom. The minimum Gasteiger partial charge on any atom is -1.00 e. The summed E-state index contributed by atoms with van der Waals surface area (Å²) in [4.78, 5) is 0. The number of aromatic hydroxyl groups is 1. The zero-order chi connectivity index (χ0) is 7.40. The van der Waals surface area contributed by atoms with Crippen molar-refractivity contribution in [3.05, 3.63) is 42.5 Å². The van der Waals surface area contributed by atoms with E-state index in [4.69, 9.17) is 5.11 Å². The van der Waals surface area contributed by atoms with Gasteiger partial charge in [-0.15, -0.1) is 6.58 Å². The van der Waals surface area contributed by atoms with Gasteiger partial charge >= 0.3 is 18.9 Å². The van der Waals surface area contributed by atoms with Crippen molar-refractivity contribution in [1.82, 2.24) is 0 Å². The standard InChI is InChI=1S/C9H10O.Li.H/c1-2-3-8-4-6-9(10)7-5-8;;/h2,4-7,10H,1,3H2;;/q;+1;-1. The van der Waals surface area contributed by atoms with E-state index in [0.717, 1.165) is 6.42 Å². The van der Waals surface area contributed by atoms with Gasteiger partial charge in [0.2, 0.25) is 0 Å². The van der Waals surface area contributed by atoms with E-state index in [2.05, 4.69) is 6.58 Å². The molecule has 54 valence electrons. The first kappa shape index (κ1) is 10.4. The summed E-state index contributed by atoms with van der Waals surface area (Å²) in [6, 6.07) is 7.13. The summed E-state index contributed by atoms with van der Waals surface area (Å²) < 4.78 is 0. The van der Waals surface area contributed by atoms with E-state index >= 15 is 0 Å². The fraction of sp³-hybridized carbons (Fsp3) is 0.111. The van der Waals surface area contributed by atoms with E-state index in [0.29, 0.717) is 5.75 Å². The third-order valence-corrected chi connectivity index (χ3v) is 1.32. The monoisotopic (exact) mass is 142 g/mol. The number of rotatable bonds is 2. The average Bonchev–Trinajstić information content (AvgIpc) is 1.95. The molecule has 11 heavy (non-hydrogen) atoms. The van der Waals surface area contributed by atoms with Crippen LogP contribution in [0.15, 0.2) is 36.9 Å². The number of allylic oxidation sites excluding steroid dienone is 1. The first-order valence-electron chi connectivity index (χ1n) is 3.22. The van der Waals surface area contributed by atoms with E-state index in [1.54, 1.807) is 12.1 Å². The van der Waals surface area contributed by atoms with Crippen LogP contribution >= 0.6 is 0 Å². The zero-order valence-corrected chi connectivity index (χ0v) is 6.75. The number of benzene rings is 1. The van der Waals surface area contributed by atoms with E-state index in [1.165, 1.54) is 5.56 Å². The Morgan fingerprint density at radius 3 is 2.36 bits per heavy atom. The van der Waals surface area contributed by atoms with Crippen LogP contribution in [0.5, 0.6) is 5.75 Å². The topological polar surface area (TPSA) is 20.2 Å². The van der Waals surface area contributed by atoms with E-state index in [1.807, 2.05) is 18.2 Å². The smallest absolute Gasteiger partial charge is 1.00 e. The molecule has 0 radical (unpaired) electrons. The number of phenolic OH excluding ortho intramolecular Hbond substituents is 1. The normalized spacial score (nSPS) is 8.36. The van der Waals surface area contributed by atoms with Crippen LogP contribution in [0, 0.1) is 0 Å². The molecular weight excluding hydrogens is 131 g/mol. The first-order valence-corrected chi connectivity index (χ1v) is 3.22. The summed E-state index contributed by atoms with van der Waals surface area (Å²) in [5.41, 5.74) is 1.17. The van der Waals surface area contributed by atoms with Crippen molar-refractivity contribution in [3.63, 3.8) is 0 Å². The Morgan fingerprint density at radius 2 is 1.91 bits per heavy atom. The van der Waals surface area contributed by atoms with Gasteiger partial charge in [0, 0.05) is 0 Å². The molecule has 0 aromatic heterocycles. The molecule has 0 heterocycles. The third kappa shape index (κ3) is 3.32. The molecule has 1 aromatic rings. The Hall–Kier alpha value is -0.643. The Labute approximate surface area is 80.4 Å². The molecule has 0 aliphatic carbocycles. The van der Waals surface area contributed by atoms with Crippen molar-refractivity contribution in [2.75, 3.05) is 0 Å². The summed E-state index contributed by atoms with van der Waals surface area (Å²) in [5, 5.41) is 8.90. The average molecular weight is 142 g/mol. The molecule has 0 saturated heterocycles. The van der Waals surface area contributed by atoms with Gasteiger partial charge in [-0.3, -0.25) is 0 Å². The molecule has 0 unspecified atom stereocenters. The Bertz CT molecular complexity index is 220. The minimum absolute atomic E-state index is 0. The van der Waals surface area contributed by atoms with Gasteiger partial charge in [0.25, 0.3) is 0 Å². The Balaban J connectivity index is 0. The molecule has 0 bridgehead atoms. The molecule has 0 amide bonds. The second-order valence-corrected chi connectivity index (χ2v) is 2.16. The van der Waals surface area contributed by atoms with Gasteiger partial charge in [0.1, 0.15) is 5.75 Å². The fourth-order valence-corrected chi connectivity index (χ4v) is 0.799. The molecular formula is C9H11LiO. The molecule has 0 aliphatic rings. The van der Waals surface area contributed by atoms with Crippen molar-refractivity contribution >= 4 is 0 Å². The van der Waals surface area contributed by atoms with Gasteiger partial charge in [0.05, 0.1) is 0 Å². The van der Waals surface area contributed by atoms with Crippen LogP contribution in [0.2, 0.25) is 0 Å². The fourth-order valence-electron chi connectivity index (χ4n) is 0.799. The summed E-state index contributed by atoms with van der Waals surface area (Å²) in [7, 11) is 0. The number of hydrogen-bond donors (Lipinski definition) is 1. The maximum atomic E-state index is 8.90. The summed E-state index contributed by atoms with van der Waals surface area (Å²) in [5.74, 6) is 0.313. The van der Waals surface area contributed by atoms with E-state index in [-0.39, 0.29) is 20.3 Å². The summed E-state index contributed by atoms with van der Waals surface area (Å²) >= 11 is 0. The van der Waals surface area contributed by atoms with Crippen LogP contribution in [-0.2, 0) is 6.42 Å². The second-order valence-electron chi connectivity index (χ2n) is 2.16. The van der Waals surface area contributed by atoms with Crippen LogP contribution in [0.25, 0.3) is 0 Å². The zero-order valence-electron chi connectivity index (χ0n) is 7.75. The third-order valence-electron chi connectivity index (χ3n) is 1.32. The molecule has 0 fully saturated rings. The predicted molar refractivity (Wildman–Crippen MR) is 43.1 cm³/mol. The molecule has 1 rings (SSSR count). The molecule has 0 aliphatic heterocycles.